The Bertz CT molecular complexity index is 851. The number of fused-ring (bicyclic) bond motifs is 1. The van der Waals surface area contributed by atoms with E-state index in [0.29, 0.717) is 19.6 Å². The number of rotatable bonds is 5. The molecule has 0 spiro atoms. The molecule has 2 aliphatic rings. The van der Waals surface area contributed by atoms with Crippen molar-refractivity contribution in [1.82, 2.24) is 0 Å². The molecule has 2 aromatic carbocycles. The molecule has 0 amide bonds. The molecule has 0 radical (unpaired) electrons. The van der Waals surface area contributed by atoms with Gasteiger partial charge in [0, 0.05) is 13.5 Å². The fourth-order valence-corrected chi connectivity index (χ4v) is 4.02. The molecule has 4 unspecified atom stereocenters. The van der Waals surface area contributed by atoms with Gasteiger partial charge in [-0.05, 0) is 47.2 Å². The highest BCUT2D eigenvalue weighted by Gasteiger charge is 2.37. The Morgan fingerprint density at radius 2 is 1.79 bits per heavy atom. The van der Waals surface area contributed by atoms with Gasteiger partial charge in [0.15, 0.2) is 17.8 Å². The summed E-state index contributed by atoms with van der Waals surface area (Å²) in [6.07, 6.45) is -1.07. The topological polar surface area (TPSA) is 77.4 Å². The van der Waals surface area contributed by atoms with E-state index in [9.17, 15) is 10.2 Å². The summed E-state index contributed by atoms with van der Waals surface area (Å²) in [5, 5.41) is 20.2. The third-order valence-corrected chi connectivity index (χ3v) is 5.64. The zero-order chi connectivity index (χ0) is 20.4. The second kappa shape index (κ2) is 8.71. The van der Waals surface area contributed by atoms with Crippen LogP contribution in [-0.4, -0.2) is 49.0 Å². The van der Waals surface area contributed by atoms with Crippen molar-refractivity contribution in [2.75, 3.05) is 20.3 Å². The standard InChI is InChI=1S/C23H28O6/c1-3-15-5-6-16(20-13-18(24)22(25)23(26-2)29-20)12-17(15)10-14-4-7-19-21(11-14)28-9-8-27-19/h4-7,11-12,18,20,22-25H,3,8-10,13H2,1-2H3. The predicted molar refractivity (Wildman–Crippen MR) is 107 cm³/mol. The van der Waals surface area contributed by atoms with E-state index in [-0.39, 0.29) is 6.10 Å². The van der Waals surface area contributed by atoms with Crippen LogP contribution in [0.2, 0.25) is 0 Å². The number of hydrogen-bond acceptors (Lipinski definition) is 6. The molecule has 2 heterocycles. The lowest BCUT2D eigenvalue weighted by molar-refractivity contribution is -0.259. The monoisotopic (exact) mass is 400 g/mol. The minimum Gasteiger partial charge on any atom is -0.486 e. The normalized spacial score (nSPS) is 26.3. The van der Waals surface area contributed by atoms with Crippen LogP contribution in [0.15, 0.2) is 36.4 Å². The van der Waals surface area contributed by atoms with Crippen molar-refractivity contribution in [1.29, 1.82) is 0 Å². The van der Waals surface area contributed by atoms with Crippen molar-refractivity contribution in [3.63, 3.8) is 0 Å². The highest BCUT2D eigenvalue weighted by atomic mass is 16.7. The lowest BCUT2D eigenvalue weighted by atomic mass is 9.91. The Labute approximate surface area is 171 Å². The zero-order valence-corrected chi connectivity index (χ0v) is 16.8. The van der Waals surface area contributed by atoms with E-state index >= 15 is 0 Å². The molecule has 0 aromatic heterocycles. The van der Waals surface area contributed by atoms with Gasteiger partial charge in [-0.2, -0.15) is 0 Å². The summed E-state index contributed by atoms with van der Waals surface area (Å²) < 4.78 is 22.4. The van der Waals surface area contributed by atoms with Crippen molar-refractivity contribution in [3.05, 3.63) is 58.7 Å². The van der Waals surface area contributed by atoms with Crippen molar-refractivity contribution >= 4 is 0 Å². The largest absolute Gasteiger partial charge is 0.486 e. The second-order valence-corrected chi connectivity index (χ2v) is 7.56. The first kappa shape index (κ1) is 20.2. The van der Waals surface area contributed by atoms with Crippen LogP contribution in [0.25, 0.3) is 0 Å². The molecule has 6 nitrogen and oxygen atoms in total. The van der Waals surface area contributed by atoms with Crippen LogP contribution in [0, 0.1) is 0 Å². The van der Waals surface area contributed by atoms with Crippen LogP contribution in [0.1, 0.15) is 41.7 Å². The average Bonchev–Trinajstić information content (AvgIpc) is 2.75. The fourth-order valence-electron chi connectivity index (χ4n) is 4.02. The highest BCUT2D eigenvalue weighted by Crippen LogP contribution is 2.35. The lowest BCUT2D eigenvalue weighted by Gasteiger charge is -2.36. The van der Waals surface area contributed by atoms with Gasteiger partial charge >= 0.3 is 0 Å². The number of aliphatic hydroxyl groups is 2. The summed E-state index contributed by atoms with van der Waals surface area (Å²) in [6.45, 7) is 3.29. The number of ether oxygens (including phenoxy) is 4. The minimum atomic E-state index is -1.04. The van der Waals surface area contributed by atoms with E-state index in [1.807, 2.05) is 18.2 Å². The summed E-state index contributed by atoms with van der Waals surface area (Å²) in [6, 6.07) is 12.4. The van der Waals surface area contributed by atoms with Crippen molar-refractivity contribution < 1.29 is 29.2 Å². The summed E-state index contributed by atoms with van der Waals surface area (Å²) in [4.78, 5) is 0. The SMILES string of the molecule is CCc1ccc(C2CC(O)C(O)C(OC)O2)cc1Cc1ccc2c(c1)OCCO2. The number of hydrogen-bond donors (Lipinski definition) is 2. The zero-order valence-electron chi connectivity index (χ0n) is 16.8. The molecule has 1 saturated heterocycles. The smallest absolute Gasteiger partial charge is 0.186 e. The third-order valence-electron chi connectivity index (χ3n) is 5.64. The van der Waals surface area contributed by atoms with Crippen molar-refractivity contribution in [2.24, 2.45) is 0 Å². The van der Waals surface area contributed by atoms with E-state index in [2.05, 4.69) is 25.1 Å². The molecule has 2 aliphatic heterocycles. The number of aryl methyl sites for hydroxylation is 1. The molecule has 0 saturated carbocycles. The molecule has 2 N–H and O–H groups in total. The number of aliphatic hydroxyl groups excluding tert-OH is 2. The fraction of sp³-hybridized carbons (Fsp3) is 0.478. The molecular weight excluding hydrogens is 372 g/mol. The van der Waals surface area contributed by atoms with Crippen LogP contribution in [0.5, 0.6) is 11.5 Å². The Kier molecular flexibility index (Phi) is 6.06. The maximum atomic E-state index is 10.2. The second-order valence-electron chi connectivity index (χ2n) is 7.56. The van der Waals surface area contributed by atoms with E-state index in [4.69, 9.17) is 18.9 Å². The molecule has 1 fully saturated rings. The molecular formula is C23H28O6. The maximum Gasteiger partial charge on any atom is 0.186 e. The number of benzene rings is 2. The Morgan fingerprint density at radius 3 is 2.55 bits per heavy atom. The molecule has 0 aliphatic carbocycles. The quantitative estimate of drug-likeness (QED) is 0.804. The van der Waals surface area contributed by atoms with Crippen molar-refractivity contribution in [3.8, 4) is 11.5 Å². The van der Waals surface area contributed by atoms with Crippen LogP contribution in [0.3, 0.4) is 0 Å². The summed E-state index contributed by atoms with van der Waals surface area (Å²) >= 11 is 0. The van der Waals surface area contributed by atoms with Crippen LogP contribution in [-0.2, 0) is 22.3 Å². The molecule has 29 heavy (non-hydrogen) atoms. The molecule has 6 heteroatoms. The molecule has 4 rings (SSSR count). The van der Waals surface area contributed by atoms with Crippen LogP contribution in [0.4, 0.5) is 0 Å². The van der Waals surface area contributed by atoms with Gasteiger partial charge in [-0.1, -0.05) is 31.2 Å². The third kappa shape index (κ3) is 4.26. The van der Waals surface area contributed by atoms with Crippen LogP contribution < -0.4 is 9.47 Å². The minimum absolute atomic E-state index is 0.329. The summed E-state index contributed by atoms with van der Waals surface area (Å²) in [5.74, 6) is 1.58. The lowest BCUT2D eigenvalue weighted by Crippen LogP contribution is -2.46. The van der Waals surface area contributed by atoms with Gasteiger partial charge in [0.1, 0.15) is 19.3 Å². The van der Waals surface area contributed by atoms with Gasteiger partial charge in [0.05, 0.1) is 12.2 Å². The van der Waals surface area contributed by atoms with Gasteiger partial charge in [0.2, 0.25) is 0 Å². The summed E-state index contributed by atoms with van der Waals surface area (Å²) in [7, 11) is 1.47. The van der Waals surface area contributed by atoms with Gasteiger partial charge in [-0.25, -0.2) is 0 Å². The first-order valence-electron chi connectivity index (χ1n) is 10.1. The summed E-state index contributed by atoms with van der Waals surface area (Å²) in [5.41, 5.74) is 4.60. The first-order chi connectivity index (χ1) is 14.1. The van der Waals surface area contributed by atoms with Gasteiger partial charge in [-0.3, -0.25) is 0 Å². The van der Waals surface area contributed by atoms with Crippen LogP contribution >= 0.6 is 0 Å². The highest BCUT2D eigenvalue weighted by molar-refractivity contribution is 5.46. The van der Waals surface area contributed by atoms with E-state index in [0.717, 1.165) is 35.5 Å². The predicted octanol–water partition coefficient (Wildman–Crippen LogP) is 2.77. The molecule has 4 atom stereocenters. The van der Waals surface area contributed by atoms with E-state index in [1.54, 1.807) is 0 Å². The maximum absolute atomic E-state index is 10.2. The van der Waals surface area contributed by atoms with Crippen molar-refractivity contribution in [2.45, 2.75) is 50.8 Å². The van der Waals surface area contributed by atoms with E-state index in [1.165, 1.54) is 18.2 Å². The average molecular weight is 400 g/mol. The number of methoxy groups -OCH3 is 1. The van der Waals surface area contributed by atoms with Gasteiger partial charge in [0.25, 0.3) is 0 Å². The Morgan fingerprint density at radius 1 is 1.00 bits per heavy atom. The van der Waals surface area contributed by atoms with Gasteiger partial charge < -0.3 is 29.2 Å². The molecule has 156 valence electrons. The molecule has 2 aromatic rings. The molecule has 0 bridgehead atoms. The van der Waals surface area contributed by atoms with Gasteiger partial charge in [-0.15, -0.1) is 0 Å². The Hall–Kier alpha value is -2.12. The van der Waals surface area contributed by atoms with E-state index < -0.39 is 18.5 Å². The first-order valence-corrected chi connectivity index (χ1v) is 10.1. The Balaban J connectivity index is 1.59.